The van der Waals surface area contributed by atoms with Crippen molar-refractivity contribution in [3.8, 4) is 0 Å². The molecule has 1 aromatic rings. The molecule has 1 aliphatic heterocycles. The molecule has 1 unspecified atom stereocenters. The topological polar surface area (TPSA) is 75.4 Å². The first-order chi connectivity index (χ1) is 6.29. The lowest BCUT2D eigenvalue weighted by molar-refractivity contribution is 0.0688. The van der Waals surface area contributed by atoms with Crippen LogP contribution in [-0.2, 0) is 0 Å². The van der Waals surface area contributed by atoms with Crippen LogP contribution in [0.15, 0.2) is 10.8 Å². The van der Waals surface area contributed by atoms with Crippen molar-refractivity contribution in [3.05, 3.63) is 17.8 Å². The summed E-state index contributed by atoms with van der Waals surface area (Å²) in [5, 5.41) is 11.8. The summed E-state index contributed by atoms with van der Waals surface area (Å²) in [6, 6.07) is 0. The molecule has 0 aromatic carbocycles. The lowest BCUT2D eigenvalue weighted by Gasteiger charge is -2.04. The van der Waals surface area contributed by atoms with E-state index in [4.69, 9.17) is 9.52 Å². The largest absolute Gasteiger partial charge is 0.476 e. The van der Waals surface area contributed by atoms with Crippen LogP contribution < -0.4 is 5.32 Å². The molecule has 0 radical (unpaired) electrons. The number of aromatic nitrogens is 1. The molecule has 70 valence electrons. The third-order valence-corrected chi connectivity index (χ3v) is 2.91. The smallest absolute Gasteiger partial charge is 0.358 e. The van der Waals surface area contributed by atoms with Crippen molar-refractivity contribution in [2.75, 3.05) is 12.3 Å². The Bertz CT molecular complexity index is 319. The highest BCUT2D eigenvalue weighted by molar-refractivity contribution is 7.99. The van der Waals surface area contributed by atoms with Crippen LogP contribution in [0.4, 0.5) is 0 Å². The Morgan fingerprint density at radius 3 is 3.31 bits per heavy atom. The Morgan fingerprint density at radius 1 is 1.85 bits per heavy atom. The first-order valence-corrected chi connectivity index (χ1v) is 4.85. The molecule has 1 aliphatic rings. The fraction of sp³-hybridized carbons (Fsp3) is 0.429. The van der Waals surface area contributed by atoms with Crippen molar-refractivity contribution in [3.63, 3.8) is 0 Å². The van der Waals surface area contributed by atoms with Crippen molar-refractivity contribution >= 4 is 17.7 Å². The molecule has 5 nitrogen and oxygen atoms in total. The summed E-state index contributed by atoms with van der Waals surface area (Å²) < 4.78 is 5.03. The van der Waals surface area contributed by atoms with Gasteiger partial charge >= 0.3 is 5.97 Å². The Kier molecular flexibility index (Phi) is 2.24. The zero-order valence-corrected chi connectivity index (χ0v) is 7.50. The Labute approximate surface area is 78.5 Å². The molecule has 1 saturated heterocycles. The molecular weight excluding hydrogens is 192 g/mol. The lowest BCUT2D eigenvalue weighted by atomic mass is 10.3. The van der Waals surface area contributed by atoms with Crippen LogP contribution in [0.2, 0.25) is 0 Å². The number of carboxylic acids is 1. The fourth-order valence-corrected chi connectivity index (χ4v) is 2.22. The van der Waals surface area contributed by atoms with Gasteiger partial charge in [0.15, 0.2) is 17.8 Å². The SMILES string of the molecule is O=C(O)c1ncoc1C1NCCS1. The fourth-order valence-electron chi connectivity index (χ4n) is 1.20. The standard InChI is InChI=1S/C7H8N2O3S/c10-7(11)4-5(12-3-9-4)6-8-1-2-13-6/h3,6,8H,1-2H2,(H,10,11). The van der Waals surface area contributed by atoms with Crippen LogP contribution in [0, 0.1) is 0 Å². The van der Waals surface area contributed by atoms with Crippen molar-refractivity contribution in [1.82, 2.24) is 10.3 Å². The Balaban J connectivity index is 2.28. The van der Waals surface area contributed by atoms with Crippen LogP contribution in [0.3, 0.4) is 0 Å². The van der Waals surface area contributed by atoms with E-state index in [9.17, 15) is 4.79 Å². The first kappa shape index (κ1) is 8.58. The average molecular weight is 200 g/mol. The van der Waals surface area contributed by atoms with Crippen LogP contribution in [0.5, 0.6) is 0 Å². The quantitative estimate of drug-likeness (QED) is 0.732. The number of carboxylic acid groups (broad SMARTS) is 1. The lowest BCUT2D eigenvalue weighted by Crippen LogP contribution is -2.14. The molecule has 1 atom stereocenters. The summed E-state index contributed by atoms with van der Waals surface area (Å²) in [6.07, 6.45) is 1.17. The summed E-state index contributed by atoms with van der Waals surface area (Å²) in [5.41, 5.74) is 0.00639. The van der Waals surface area contributed by atoms with E-state index in [0.717, 1.165) is 12.3 Å². The maximum atomic E-state index is 10.7. The molecule has 2 heterocycles. The van der Waals surface area contributed by atoms with E-state index in [-0.39, 0.29) is 11.1 Å². The first-order valence-electron chi connectivity index (χ1n) is 3.80. The molecule has 0 spiro atoms. The molecule has 13 heavy (non-hydrogen) atoms. The molecular formula is C7H8N2O3S. The molecule has 6 heteroatoms. The van der Waals surface area contributed by atoms with Gasteiger partial charge in [0.05, 0.1) is 0 Å². The second kappa shape index (κ2) is 3.39. The van der Waals surface area contributed by atoms with E-state index < -0.39 is 5.97 Å². The predicted octanol–water partition coefficient (Wildman–Crippen LogP) is 0.708. The minimum Gasteiger partial charge on any atom is -0.476 e. The molecule has 1 aromatic heterocycles. The van der Waals surface area contributed by atoms with Gasteiger partial charge < -0.3 is 9.52 Å². The van der Waals surface area contributed by atoms with Crippen LogP contribution in [0.25, 0.3) is 0 Å². The minimum absolute atomic E-state index is 0.00639. The van der Waals surface area contributed by atoms with Crippen LogP contribution >= 0.6 is 11.8 Å². The number of nitrogens with one attached hydrogen (secondary N) is 1. The monoisotopic (exact) mass is 200 g/mol. The van der Waals surface area contributed by atoms with E-state index in [1.165, 1.54) is 6.39 Å². The number of rotatable bonds is 2. The van der Waals surface area contributed by atoms with Gasteiger partial charge in [0.2, 0.25) is 0 Å². The molecule has 0 saturated carbocycles. The van der Waals surface area contributed by atoms with E-state index in [0.29, 0.717) is 5.76 Å². The van der Waals surface area contributed by atoms with E-state index in [1.807, 2.05) is 0 Å². The summed E-state index contributed by atoms with van der Waals surface area (Å²) in [5.74, 6) is 0.331. The van der Waals surface area contributed by atoms with Crippen molar-refractivity contribution < 1.29 is 14.3 Å². The minimum atomic E-state index is -1.04. The Hall–Kier alpha value is -1.01. The van der Waals surface area contributed by atoms with Crippen LogP contribution in [-0.4, -0.2) is 28.4 Å². The zero-order valence-electron chi connectivity index (χ0n) is 6.69. The van der Waals surface area contributed by atoms with Gasteiger partial charge in [0.25, 0.3) is 0 Å². The Morgan fingerprint density at radius 2 is 2.69 bits per heavy atom. The molecule has 0 aliphatic carbocycles. The summed E-state index contributed by atoms with van der Waals surface area (Å²) in [6.45, 7) is 0.870. The van der Waals surface area contributed by atoms with Gasteiger partial charge in [-0.05, 0) is 0 Å². The predicted molar refractivity (Wildman–Crippen MR) is 46.7 cm³/mol. The van der Waals surface area contributed by atoms with E-state index in [1.54, 1.807) is 11.8 Å². The summed E-state index contributed by atoms with van der Waals surface area (Å²) >= 11 is 1.62. The van der Waals surface area contributed by atoms with Crippen molar-refractivity contribution in [2.24, 2.45) is 0 Å². The molecule has 0 amide bonds. The molecule has 2 N–H and O–H groups in total. The summed E-state index contributed by atoms with van der Waals surface area (Å²) in [4.78, 5) is 14.3. The maximum Gasteiger partial charge on any atom is 0.358 e. The highest BCUT2D eigenvalue weighted by Crippen LogP contribution is 2.31. The van der Waals surface area contributed by atoms with Crippen molar-refractivity contribution in [2.45, 2.75) is 5.37 Å². The van der Waals surface area contributed by atoms with Gasteiger partial charge in [-0.3, -0.25) is 5.32 Å². The van der Waals surface area contributed by atoms with E-state index >= 15 is 0 Å². The van der Waals surface area contributed by atoms with Gasteiger partial charge in [0.1, 0.15) is 5.37 Å². The number of nitrogens with zero attached hydrogens (tertiary/aromatic N) is 1. The molecule has 2 rings (SSSR count). The molecule has 0 bridgehead atoms. The van der Waals surface area contributed by atoms with Gasteiger partial charge in [-0.15, -0.1) is 11.8 Å². The number of hydrogen-bond donors (Lipinski definition) is 2. The number of thioether (sulfide) groups is 1. The highest BCUT2D eigenvalue weighted by atomic mass is 32.2. The van der Waals surface area contributed by atoms with Gasteiger partial charge in [-0.1, -0.05) is 0 Å². The van der Waals surface area contributed by atoms with Crippen LogP contribution in [0.1, 0.15) is 21.6 Å². The van der Waals surface area contributed by atoms with Crippen molar-refractivity contribution in [1.29, 1.82) is 0 Å². The van der Waals surface area contributed by atoms with E-state index in [2.05, 4.69) is 10.3 Å². The normalized spacial score (nSPS) is 22.0. The third kappa shape index (κ3) is 1.54. The highest BCUT2D eigenvalue weighted by Gasteiger charge is 2.26. The van der Waals surface area contributed by atoms with Gasteiger partial charge in [-0.25, -0.2) is 9.78 Å². The summed E-state index contributed by atoms with van der Waals surface area (Å²) in [7, 11) is 0. The average Bonchev–Trinajstić information content (AvgIpc) is 2.74. The van der Waals surface area contributed by atoms with Gasteiger partial charge in [-0.2, -0.15) is 0 Å². The third-order valence-electron chi connectivity index (χ3n) is 1.75. The number of hydrogen-bond acceptors (Lipinski definition) is 5. The number of oxazole rings is 1. The molecule has 1 fully saturated rings. The number of carbonyl (C=O) groups is 1. The zero-order chi connectivity index (χ0) is 9.26. The number of aromatic carboxylic acids is 1. The second-order valence-electron chi connectivity index (χ2n) is 2.58. The maximum absolute atomic E-state index is 10.7. The second-order valence-corrected chi connectivity index (χ2v) is 3.79. The van der Waals surface area contributed by atoms with Gasteiger partial charge in [0, 0.05) is 12.3 Å².